The fourth-order valence-corrected chi connectivity index (χ4v) is 3.11. The molecule has 0 aromatic heterocycles. The topological polar surface area (TPSA) is 32.3 Å². The van der Waals surface area contributed by atoms with Crippen LogP contribution in [0.1, 0.15) is 25.7 Å². The summed E-state index contributed by atoms with van der Waals surface area (Å²) in [6.07, 6.45) is 4.05. The van der Waals surface area contributed by atoms with E-state index in [-0.39, 0.29) is 12.1 Å². The molecule has 4 heteroatoms. The van der Waals surface area contributed by atoms with Crippen molar-refractivity contribution in [2.24, 2.45) is 0 Å². The van der Waals surface area contributed by atoms with Gasteiger partial charge in [-0.1, -0.05) is 24.4 Å². The van der Waals surface area contributed by atoms with Crippen molar-refractivity contribution in [2.45, 2.75) is 37.8 Å². The van der Waals surface area contributed by atoms with Gasteiger partial charge in [-0.25, -0.2) is 0 Å². The fraction of sp³-hybridized carbons (Fsp3) is 0.500. The average Bonchev–Trinajstić information content (AvgIpc) is 2.25. The highest BCUT2D eigenvalue weighted by Crippen LogP contribution is 2.26. The van der Waals surface area contributed by atoms with Crippen LogP contribution in [0.2, 0.25) is 5.02 Å². The SMILES string of the molecule is OC1CCCCC1Nc1ccc(Cl)cc1I. The van der Waals surface area contributed by atoms with Gasteiger partial charge in [0.05, 0.1) is 12.1 Å². The number of aliphatic hydroxyl groups is 1. The molecule has 2 N–H and O–H groups in total. The Morgan fingerprint density at radius 2 is 2.06 bits per heavy atom. The molecular formula is C12H15ClINO. The van der Waals surface area contributed by atoms with E-state index in [2.05, 4.69) is 27.9 Å². The summed E-state index contributed by atoms with van der Waals surface area (Å²) in [6.45, 7) is 0. The largest absolute Gasteiger partial charge is 0.391 e. The number of nitrogens with one attached hydrogen (secondary N) is 1. The lowest BCUT2D eigenvalue weighted by molar-refractivity contribution is 0.116. The van der Waals surface area contributed by atoms with Crippen molar-refractivity contribution in [3.8, 4) is 0 Å². The summed E-state index contributed by atoms with van der Waals surface area (Å²) in [5.74, 6) is 0. The molecule has 1 aromatic carbocycles. The molecule has 0 aliphatic heterocycles. The zero-order valence-corrected chi connectivity index (χ0v) is 11.8. The highest BCUT2D eigenvalue weighted by atomic mass is 127. The van der Waals surface area contributed by atoms with Crippen LogP contribution in [0.3, 0.4) is 0 Å². The molecule has 16 heavy (non-hydrogen) atoms. The van der Waals surface area contributed by atoms with Crippen molar-refractivity contribution in [1.29, 1.82) is 0 Å². The molecule has 0 bridgehead atoms. The Morgan fingerprint density at radius 3 is 2.75 bits per heavy atom. The number of rotatable bonds is 2. The van der Waals surface area contributed by atoms with Gasteiger partial charge < -0.3 is 10.4 Å². The van der Waals surface area contributed by atoms with Gasteiger partial charge in [-0.2, -0.15) is 0 Å². The quantitative estimate of drug-likeness (QED) is 0.797. The highest BCUT2D eigenvalue weighted by molar-refractivity contribution is 14.1. The van der Waals surface area contributed by atoms with Crippen LogP contribution < -0.4 is 5.32 Å². The van der Waals surface area contributed by atoms with E-state index < -0.39 is 0 Å². The standard InChI is InChI=1S/C12H15ClINO/c13-8-5-6-10(9(14)7-8)15-11-3-1-2-4-12(11)16/h5-7,11-12,15-16H,1-4H2. The normalized spacial score (nSPS) is 25.4. The summed E-state index contributed by atoms with van der Waals surface area (Å²) in [4.78, 5) is 0. The highest BCUT2D eigenvalue weighted by Gasteiger charge is 2.23. The Labute approximate surface area is 115 Å². The van der Waals surface area contributed by atoms with Gasteiger partial charge in [0, 0.05) is 14.3 Å². The van der Waals surface area contributed by atoms with E-state index in [9.17, 15) is 5.11 Å². The molecule has 2 nitrogen and oxygen atoms in total. The summed E-state index contributed by atoms with van der Waals surface area (Å²) in [6, 6.07) is 5.97. The van der Waals surface area contributed by atoms with E-state index in [1.165, 1.54) is 6.42 Å². The molecular weight excluding hydrogens is 336 g/mol. The van der Waals surface area contributed by atoms with Crippen molar-refractivity contribution in [1.82, 2.24) is 0 Å². The minimum atomic E-state index is -0.222. The van der Waals surface area contributed by atoms with Gasteiger partial charge in [0.2, 0.25) is 0 Å². The van der Waals surface area contributed by atoms with Crippen molar-refractivity contribution < 1.29 is 5.11 Å². The van der Waals surface area contributed by atoms with Gasteiger partial charge >= 0.3 is 0 Å². The van der Waals surface area contributed by atoms with Crippen LogP contribution in [-0.2, 0) is 0 Å². The van der Waals surface area contributed by atoms with Crippen molar-refractivity contribution >= 4 is 39.9 Å². The first-order valence-corrected chi connectivity index (χ1v) is 7.02. The van der Waals surface area contributed by atoms with E-state index in [4.69, 9.17) is 11.6 Å². The van der Waals surface area contributed by atoms with Gasteiger partial charge in [0.25, 0.3) is 0 Å². The Bertz CT molecular complexity index is 372. The summed E-state index contributed by atoms with van der Waals surface area (Å²) in [7, 11) is 0. The Morgan fingerprint density at radius 1 is 1.31 bits per heavy atom. The molecule has 0 radical (unpaired) electrons. The molecule has 0 spiro atoms. The monoisotopic (exact) mass is 351 g/mol. The van der Waals surface area contributed by atoms with Crippen LogP contribution in [-0.4, -0.2) is 17.3 Å². The van der Waals surface area contributed by atoms with Crippen LogP contribution in [0.15, 0.2) is 18.2 Å². The molecule has 2 atom stereocenters. The summed E-state index contributed by atoms with van der Waals surface area (Å²) in [5, 5.41) is 14.0. The van der Waals surface area contributed by atoms with Gasteiger partial charge in [0.15, 0.2) is 0 Å². The van der Waals surface area contributed by atoms with Gasteiger partial charge in [-0.15, -0.1) is 0 Å². The second kappa shape index (κ2) is 5.56. The maximum atomic E-state index is 9.88. The first-order valence-electron chi connectivity index (χ1n) is 5.56. The predicted octanol–water partition coefficient (Wildman–Crippen LogP) is 3.66. The van der Waals surface area contributed by atoms with Crippen molar-refractivity contribution in [2.75, 3.05) is 5.32 Å². The number of hydrogen-bond acceptors (Lipinski definition) is 2. The van der Waals surface area contributed by atoms with E-state index in [1.807, 2.05) is 18.2 Å². The number of anilines is 1. The van der Waals surface area contributed by atoms with Gasteiger partial charge in [-0.3, -0.25) is 0 Å². The Hall–Kier alpha value is -0.000000000000000111. The second-order valence-corrected chi connectivity index (χ2v) is 5.83. The maximum absolute atomic E-state index is 9.88. The molecule has 88 valence electrons. The molecule has 1 aromatic rings. The first kappa shape index (κ1) is 12.5. The van der Waals surface area contributed by atoms with E-state index in [1.54, 1.807) is 0 Å². The Balaban J connectivity index is 2.07. The third kappa shape index (κ3) is 3.02. The third-order valence-electron chi connectivity index (χ3n) is 3.00. The first-order chi connectivity index (χ1) is 7.66. The summed E-state index contributed by atoms with van der Waals surface area (Å²) in [5.41, 5.74) is 1.07. The predicted molar refractivity (Wildman–Crippen MR) is 76.1 cm³/mol. The Kier molecular flexibility index (Phi) is 4.33. The van der Waals surface area contributed by atoms with Crippen LogP contribution in [0.5, 0.6) is 0 Å². The number of benzene rings is 1. The van der Waals surface area contributed by atoms with Crippen molar-refractivity contribution in [3.05, 3.63) is 26.8 Å². The minimum absolute atomic E-state index is 0.184. The zero-order chi connectivity index (χ0) is 11.5. The summed E-state index contributed by atoms with van der Waals surface area (Å²) < 4.78 is 1.10. The van der Waals surface area contributed by atoms with Gasteiger partial charge in [-0.05, 0) is 53.6 Å². The van der Waals surface area contributed by atoms with Crippen LogP contribution in [0.4, 0.5) is 5.69 Å². The van der Waals surface area contributed by atoms with E-state index in [0.29, 0.717) is 0 Å². The van der Waals surface area contributed by atoms with Gasteiger partial charge in [0.1, 0.15) is 0 Å². The van der Waals surface area contributed by atoms with Crippen LogP contribution in [0, 0.1) is 3.57 Å². The van der Waals surface area contributed by atoms with Crippen LogP contribution >= 0.6 is 34.2 Å². The molecule has 0 amide bonds. The third-order valence-corrected chi connectivity index (χ3v) is 4.13. The molecule has 0 saturated heterocycles. The van der Waals surface area contributed by atoms with E-state index >= 15 is 0 Å². The minimum Gasteiger partial charge on any atom is -0.391 e. The molecule has 0 heterocycles. The zero-order valence-electron chi connectivity index (χ0n) is 8.92. The summed E-state index contributed by atoms with van der Waals surface area (Å²) >= 11 is 8.17. The smallest absolute Gasteiger partial charge is 0.0741 e. The van der Waals surface area contributed by atoms with Crippen LogP contribution in [0.25, 0.3) is 0 Å². The molecule has 1 aliphatic rings. The van der Waals surface area contributed by atoms with Crippen molar-refractivity contribution in [3.63, 3.8) is 0 Å². The fourth-order valence-electron chi connectivity index (χ4n) is 2.09. The lowest BCUT2D eigenvalue weighted by Crippen LogP contribution is -2.36. The molecule has 2 unspecified atom stereocenters. The maximum Gasteiger partial charge on any atom is 0.0741 e. The van der Waals surface area contributed by atoms with E-state index in [0.717, 1.165) is 33.5 Å². The molecule has 2 rings (SSSR count). The number of hydrogen-bond donors (Lipinski definition) is 2. The average molecular weight is 352 g/mol. The second-order valence-electron chi connectivity index (χ2n) is 4.23. The number of aliphatic hydroxyl groups excluding tert-OH is 1. The molecule has 1 saturated carbocycles. The number of halogens is 2. The lowest BCUT2D eigenvalue weighted by atomic mass is 9.92. The lowest BCUT2D eigenvalue weighted by Gasteiger charge is -2.29. The molecule has 1 aliphatic carbocycles. The molecule has 1 fully saturated rings.